The lowest BCUT2D eigenvalue weighted by molar-refractivity contribution is 1.47. The number of hydrogen-bond acceptors (Lipinski definition) is 2. The van der Waals surface area contributed by atoms with Crippen LogP contribution in [0.2, 0.25) is 5.02 Å². The molecule has 0 fully saturated rings. The molecule has 3 heteroatoms. The molecule has 82 valence electrons. The molecule has 16 heavy (non-hydrogen) atoms. The highest BCUT2D eigenvalue weighted by molar-refractivity contribution is 6.33. The van der Waals surface area contributed by atoms with Crippen LogP contribution in [0, 0.1) is 6.92 Å². The van der Waals surface area contributed by atoms with Crippen molar-refractivity contribution in [2.24, 2.45) is 0 Å². The zero-order valence-corrected chi connectivity index (χ0v) is 9.75. The topological polar surface area (TPSA) is 52.0 Å². The molecule has 0 aromatic heterocycles. The molecule has 0 radical (unpaired) electrons. The Labute approximate surface area is 99.8 Å². The predicted molar refractivity (Wildman–Crippen MR) is 70.4 cm³/mol. The van der Waals surface area contributed by atoms with E-state index >= 15 is 0 Å². The van der Waals surface area contributed by atoms with Gasteiger partial charge < -0.3 is 11.5 Å². The van der Waals surface area contributed by atoms with Gasteiger partial charge in [0.25, 0.3) is 0 Å². The molecule has 0 heterocycles. The minimum absolute atomic E-state index is 0.579. The van der Waals surface area contributed by atoms with Crippen molar-refractivity contribution in [2.45, 2.75) is 6.92 Å². The normalized spacial score (nSPS) is 10.4. The summed E-state index contributed by atoms with van der Waals surface area (Å²) in [6, 6.07) is 11.5. The lowest BCUT2D eigenvalue weighted by Gasteiger charge is -2.08. The van der Waals surface area contributed by atoms with E-state index in [-0.39, 0.29) is 0 Å². The third-order valence-electron chi connectivity index (χ3n) is 2.52. The molecule has 0 atom stereocenters. The van der Waals surface area contributed by atoms with Crippen LogP contribution in [0.4, 0.5) is 11.4 Å². The van der Waals surface area contributed by atoms with Crippen molar-refractivity contribution in [3.8, 4) is 11.1 Å². The fraction of sp³-hybridized carbons (Fsp3) is 0.0769. The highest BCUT2D eigenvalue weighted by atomic mass is 35.5. The van der Waals surface area contributed by atoms with Gasteiger partial charge in [0.2, 0.25) is 0 Å². The molecule has 0 aliphatic rings. The van der Waals surface area contributed by atoms with Crippen molar-refractivity contribution >= 4 is 23.0 Å². The highest BCUT2D eigenvalue weighted by Crippen LogP contribution is 2.31. The van der Waals surface area contributed by atoms with Gasteiger partial charge in [-0.15, -0.1) is 0 Å². The van der Waals surface area contributed by atoms with Crippen LogP contribution in [0.25, 0.3) is 11.1 Å². The average molecular weight is 233 g/mol. The first-order valence-corrected chi connectivity index (χ1v) is 5.37. The van der Waals surface area contributed by atoms with Crippen molar-refractivity contribution in [1.82, 2.24) is 0 Å². The van der Waals surface area contributed by atoms with Crippen LogP contribution in [0.1, 0.15) is 5.56 Å². The smallest absolute Gasteiger partial charge is 0.0554 e. The fourth-order valence-corrected chi connectivity index (χ4v) is 1.83. The first kappa shape index (κ1) is 10.8. The molecular formula is C13H13ClN2. The van der Waals surface area contributed by atoms with Crippen molar-refractivity contribution in [2.75, 3.05) is 11.5 Å². The van der Waals surface area contributed by atoms with Gasteiger partial charge in [0.15, 0.2) is 0 Å². The maximum Gasteiger partial charge on any atom is 0.0554 e. The Morgan fingerprint density at radius 2 is 1.69 bits per heavy atom. The second-order valence-electron chi connectivity index (χ2n) is 3.83. The molecule has 2 aromatic rings. The molecule has 0 saturated carbocycles. The maximum atomic E-state index is 6.15. The van der Waals surface area contributed by atoms with Gasteiger partial charge in [0.05, 0.1) is 11.4 Å². The Hall–Kier alpha value is -1.67. The van der Waals surface area contributed by atoms with Gasteiger partial charge in [0.1, 0.15) is 0 Å². The molecule has 0 aliphatic carbocycles. The molecule has 0 unspecified atom stereocenters. The first-order valence-electron chi connectivity index (χ1n) is 4.99. The molecule has 2 aromatic carbocycles. The van der Waals surface area contributed by atoms with Crippen LogP contribution in [0.15, 0.2) is 36.4 Å². The summed E-state index contributed by atoms with van der Waals surface area (Å²) >= 11 is 6.15. The van der Waals surface area contributed by atoms with Crippen LogP contribution in [0.5, 0.6) is 0 Å². The van der Waals surface area contributed by atoms with Gasteiger partial charge >= 0.3 is 0 Å². The van der Waals surface area contributed by atoms with Crippen LogP contribution in [-0.4, -0.2) is 0 Å². The summed E-state index contributed by atoms with van der Waals surface area (Å²) in [4.78, 5) is 0. The third kappa shape index (κ3) is 1.97. The predicted octanol–water partition coefficient (Wildman–Crippen LogP) is 3.48. The largest absolute Gasteiger partial charge is 0.397 e. The van der Waals surface area contributed by atoms with E-state index in [0.717, 1.165) is 21.7 Å². The van der Waals surface area contributed by atoms with Crippen molar-refractivity contribution < 1.29 is 0 Å². The fourth-order valence-electron chi connectivity index (χ4n) is 1.60. The van der Waals surface area contributed by atoms with E-state index in [1.165, 1.54) is 0 Å². The van der Waals surface area contributed by atoms with Gasteiger partial charge in [-0.3, -0.25) is 0 Å². The van der Waals surface area contributed by atoms with E-state index < -0.39 is 0 Å². The van der Waals surface area contributed by atoms with E-state index in [1.807, 2.05) is 37.3 Å². The lowest BCUT2D eigenvalue weighted by Crippen LogP contribution is -1.94. The number of nitrogen functional groups attached to an aromatic ring is 2. The summed E-state index contributed by atoms with van der Waals surface area (Å²) in [5, 5.41) is 0.717. The first-order chi connectivity index (χ1) is 7.58. The Morgan fingerprint density at radius 1 is 0.938 bits per heavy atom. The Bertz CT molecular complexity index is 535. The monoisotopic (exact) mass is 232 g/mol. The summed E-state index contributed by atoms with van der Waals surface area (Å²) in [7, 11) is 0. The second-order valence-corrected chi connectivity index (χ2v) is 4.23. The summed E-state index contributed by atoms with van der Waals surface area (Å²) in [5.74, 6) is 0. The summed E-state index contributed by atoms with van der Waals surface area (Å²) in [5.41, 5.74) is 15.8. The Balaban J connectivity index is 2.58. The van der Waals surface area contributed by atoms with Crippen LogP contribution >= 0.6 is 11.6 Å². The molecular weight excluding hydrogens is 220 g/mol. The minimum Gasteiger partial charge on any atom is -0.397 e. The van der Waals surface area contributed by atoms with E-state index in [0.29, 0.717) is 11.4 Å². The number of aryl methyl sites for hydroxylation is 1. The van der Waals surface area contributed by atoms with E-state index in [1.54, 1.807) is 6.07 Å². The molecule has 2 nitrogen and oxygen atoms in total. The number of halogens is 1. The van der Waals surface area contributed by atoms with Crippen molar-refractivity contribution in [3.63, 3.8) is 0 Å². The minimum atomic E-state index is 0.579. The molecule has 0 amide bonds. The van der Waals surface area contributed by atoms with Gasteiger partial charge in [0, 0.05) is 10.6 Å². The quantitative estimate of drug-likeness (QED) is 0.740. The van der Waals surface area contributed by atoms with Crippen molar-refractivity contribution in [1.29, 1.82) is 0 Å². The highest BCUT2D eigenvalue weighted by Gasteiger charge is 2.05. The Kier molecular flexibility index (Phi) is 2.75. The lowest BCUT2D eigenvalue weighted by atomic mass is 10.0. The zero-order chi connectivity index (χ0) is 11.7. The van der Waals surface area contributed by atoms with E-state index in [4.69, 9.17) is 23.1 Å². The van der Waals surface area contributed by atoms with Crippen LogP contribution in [0.3, 0.4) is 0 Å². The Morgan fingerprint density at radius 3 is 2.38 bits per heavy atom. The molecule has 2 rings (SSSR count). The number of hydrogen-bond donors (Lipinski definition) is 2. The number of rotatable bonds is 1. The second kappa shape index (κ2) is 4.06. The third-order valence-corrected chi connectivity index (χ3v) is 2.85. The standard InChI is InChI=1S/C13H13ClN2/c1-8-2-4-11(14)10(6-8)9-3-5-12(15)13(16)7-9/h2-7H,15-16H2,1H3. The summed E-state index contributed by atoms with van der Waals surface area (Å²) < 4.78 is 0. The summed E-state index contributed by atoms with van der Waals surface area (Å²) in [6.07, 6.45) is 0. The summed E-state index contributed by atoms with van der Waals surface area (Å²) in [6.45, 7) is 2.03. The molecule has 0 aliphatic heterocycles. The van der Waals surface area contributed by atoms with Crippen molar-refractivity contribution in [3.05, 3.63) is 47.0 Å². The van der Waals surface area contributed by atoms with Crippen LogP contribution in [-0.2, 0) is 0 Å². The van der Waals surface area contributed by atoms with E-state index in [9.17, 15) is 0 Å². The zero-order valence-electron chi connectivity index (χ0n) is 9.00. The van der Waals surface area contributed by atoms with Crippen LogP contribution < -0.4 is 11.5 Å². The molecule has 0 saturated heterocycles. The molecule has 4 N–H and O–H groups in total. The van der Waals surface area contributed by atoms with Gasteiger partial charge in [-0.25, -0.2) is 0 Å². The average Bonchev–Trinajstić information content (AvgIpc) is 2.26. The molecule has 0 bridgehead atoms. The number of benzene rings is 2. The van der Waals surface area contributed by atoms with Gasteiger partial charge in [-0.05, 0) is 36.8 Å². The molecule has 0 spiro atoms. The van der Waals surface area contributed by atoms with Gasteiger partial charge in [-0.1, -0.05) is 29.3 Å². The maximum absolute atomic E-state index is 6.15. The number of nitrogens with two attached hydrogens (primary N) is 2. The number of anilines is 2. The van der Waals surface area contributed by atoms with Gasteiger partial charge in [-0.2, -0.15) is 0 Å². The van der Waals surface area contributed by atoms with E-state index in [2.05, 4.69) is 0 Å². The SMILES string of the molecule is Cc1ccc(Cl)c(-c2ccc(N)c(N)c2)c1.